The van der Waals surface area contributed by atoms with Crippen molar-refractivity contribution in [1.82, 2.24) is 9.80 Å². The zero-order chi connectivity index (χ0) is 14.7. The number of aryl methyl sites for hydroxylation is 1. The van der Waals surface area contributed by atoms with Crippen molar-refractivity contribution < 1.29 is 4.79 Å². The van der Waals surface area contributed by atoms with Crippen LogP contribution in [0.5, 0.6) is 0 Å². The maximum atomic E-state index is 12.7. The Balaban J connectivity index is 2.18. The summed E-state index contributed by atoms with van der Waals surface area (Å²) in [6.45, 7) is 4.13. The first-order valence-electron chi connectivity index (χ1n) is 7.27. The summed E-state index contributed by atoms with van der Waals surface area (Å²) in [5.41, 5.74) is 2.82. The first-order chi connectivity index (χ1) is 9.52. The van der Waals surface area contributed by atoms with E-state index in [9.17, 15) is 4.79 Å². The van der Waals surface area contributed by atoms with Gasteiger partial charge in [0.05, 0.1) is 5.56 Å². The van der Waals surface area contributed by atoms with E-state index >= 15 is 0 Å². The molecule has 0 aromatic heterocycles. The number of rotatable bonds is 3. The van der Waals surface area contributed by atoms with Gasteiger partial charge in [-0.15, -0.1) is 0 Å². The van der Waals surface area contributed by atoms with Gasteiger partial charge < -0.3 is 15.1 Å². The van der Waals surface area contributed by atoms with Crippen molar-refractivity contribution in [2.24, 2.45) is 0 Å². The summed E-state index contributed by atoms with van der Waals surface area (Å²) in [6.07, 6.45) is 2.25. The topological polar surface area (TPSA) is 35.6 Å². The summed E-state index contributed by atoms with van der Waals surface area (Å²) in [6, 6.07) is 6.25. The molecule has 1 amide bonds. The highest BCUT2D eigenvalue weighted by molar-refractivity contribution is 5.99. The molecule has 110 valence electrons. The standard InChI is InChI=1S/C16H25N3O/c1-12-7-8-14(15(10-12)17-2)16(20)19(4)13-6-5-9-18(3)11-13/h7-8,10,13,17H,5-6,9,11H2,1-4H3. The predicted molar refractivity (Wildman–Crippen MR) is 83.3 cm³/mol. The van der Waals surface area contributed by atoms with Crippen LogP contribution in [0.2, 0.25) is 0 Å². The molecule has 20 heavy (non-hydrogen) atoms. The molecule has 1 aromatic carbocycles. The Labute approximate surface area is 121 Å². The van der Waals surface area contributed by atoms with Gasteiger partial charge in [-0.2, -0.15) is 0 Å². The van der Waals surface area contributed by atoms with Crippen molar-refractivity contribution in [3.05, 3.63) is 29.3 Å². The number of hydrogen-bond donors (Lipinski definition) is 1. The van der Waals surface area contributed by atoms with Crippen LogP contribution in [0.15, 0.2) is 18.2 Å². The number of nitrogens with one attached hydrogen (secondary N) is 1. The Hall–Kier alpha value is -1.55. The van der Waals surface area contributed by atoms with E-state index in [1.165, 1.54) is 0 Å². The Morgan fingerprint density at radius 2 is 2.20 bits per heavy atom. The number of likely N-dealkylation sites (tertiary alicyclic amines) is 1. The van der Waals surface area contributed by atoms with Gasteiger partial charge in [-0.05, 0) is 51.1 Å². The minimum atomic E-state index is 0.106. The van der Waals surface area contributed by atoms with Crippen molar-refractivity contribution in [1.29, 1.82) is 0 Å². The lowest BCUT2D eigenvalue weighted by Gasteiger charge is -2.36. The molecule has 1 aromatic rings. The number of likely N-dealkylation sites (N-methyl/N-ethyl adjacent to an activating group) is 2. The van der Waals surface area contributed by atoms with E-state index in [4.69, 9.17) is 0 Å². The van der Waals surface area contributed by atoms with E-state index in [1.807, 2.05) is 44.1 Å². The molecule has 1 heterocycles. The predicted octanol–water partition coefficient (Wildman–Crippen LogP) is 2.20. The van der Waals surface area contributed by atoms with Gasteiger partial charge in [0.15, 0.2) is 0 Å². The third-order valence-electron chi connectivity index (χ3n) is 4.14. The Kier molecular flexibility index (Phi) is 4.65. The fourth-order valence-electron chi connectivity index (χ4n) is 2.86. The quantitative estimate of drug-likeness (QED) is 0.918. The molecule has 4 heteroatoms. The number of carbonyl (C=O) groups is 1. The van der Waals surface area contributed by atoms with Gasteiger partial charge in [0.25, 0.3) is 5.91 Å². The van der Waals surface area contributed by atoms with Crippen molar-refractivity contribution in [3.8, 4) is 0 Å². The molecule has 1 N–H and O–H groups in total. The van der Waals surface area contributed by atoms with Crippen LogP contribution in [0.4, 0.5) is 5.69 Å². The number of piperidine rings is 1. The summed E-state index contributed by atoms with van der Waals surface area (Å²) in [5, 5.41) is 3.13. The smallest absolute Gasteiger partial charge is 0.255 e. The van der Waals surface area contributed by atoms with E-state index in [-0.39, 0.29) is 5.91 Å². The van der Waals surface area contributed by atoms with Crippen LogP contribution in [0.25, 0.3) is 0 Å². The van der Waals surface area contributed by atoms with Gasteiger partial charge in [0.2, 0.25) is 0 Å². The fraction of sp³-hybridized carbons (Fsp3) is 0.562. The molecule has 0 saturated carbocycles. The second kappa shape index (κ2) is 6.27. The number of hydrogen-bond acceptors (Lipinski definition) is 3. The monoisotopic (exact) mass is 275 g/mol. The Morgan fingerprint density at radius 3 is 2.85 bits per heavy atom. The molecule has 4 nitrogen and oxygen atoms in total. The normalized spacial score (nSPS) is 19.7. The molecule has 1 fully saturated rings. The molecule has 1 saturated heterocycles. The maximum Gasteiger partial charge on any atom is 0.255 e. The lowest BCUT2D eigenvalue weighted by Crippen LogP contribution is -2.47. The minimum Gasteiger partial charge on any atom is -0.387 e. The molecule has 2 rings (SSSR count). The average molecular weight is 275 g/mol. The summed E-state index contributed by atoms with van der Waals surface area (Å²) in [7, 11) is 5.90. The molecule has 1 aliphatic heterocycles. The lowest BCUT2D eigenvalue weighted by molar-refractivity contribution is 0.0645. The molecular weight excluding hydrogens is 250 g/mol. The minimum absolute atomic E-state index is 0.106. The number of benzene rings is 1. The number of amides is 1. The van der Waals surface area contributed by atoms with Crippen molar-refractivity contribution in [3.63, 3.8) is 0 Å². The van der Waals surface area contributed by atoms with Gasteiger partial charge in [-0.1, -0.05) is 6.07 Å². The SMILES string of the molecule is CNc1cc(C)ccc1C(=O)N(C)C1CCCN(C)C1. The zero-order valence-electron chi connectivity index (χ0n) is 12.9. The van der Waals surface area contributed by atoms with E-state index < -0.39 is 0 Å². The third kappa shape index (κ3) is 3.12. The number of nitrogens with zero attached hydrogens (tertiary/aromatic N) is 2. The highest BCUT2D eigenvalue weighted by Crippen LogP contribution is 2.21. The highest BCUT2D eigenvalue weighted by Gasteiger charge is 2.26. The largest absolute Gasteiger partial charge is 0.387 e. The number of anilines is 1. The molecule has 1 atom stereocenters. The Bertz CT molecular complexity index is 487. The molecule has 1 unspecified atom stereocenters. The van der Waals surface area contributed by atoms with Crippen molar-refractivity contribution in [2.45, 2.75) is 25.8 Å². The van der Waals surface area contributed by atoms with Gasteiger partial charge >= 0.3 is 0 Å². The van der Waals surface area contributed by atoms with Crippen LogP contribution < -0.4 is 5.32 Å². The van der Waals surface area contributed by atoms with Crippen LogP contribution in [-0.4, -0.2) is 56.0 Å². The van der Waals surface area contributed by atoms with E-state index in [2.05, 4.69) is 17.3 Å². The van der Waals surface area contributed by atoms with Crippen molar-refractivity contribution >= 4 is 11.6 Å². The van der Waals surface area contributed by atoms with E-state index in [1.54, 1.807) is 0 Å². The molecule has 0 aliphatic carbocycles. The molecule has 0 spiro atoms. The molecule has 0 bridgehead atoms. The fourth-order valence-corrected chi connectivity index (χ4v) is 2.86. The van der Waals surface area contributed by atoms with Crippen LogP contribution in [0.3, 0.4) is 0 Å². The summed E-state index contributed by atoms with van der Waals surface area (Å²) < 4.78 is 0. The number of carbonyl (C=O) groups excluding carboxylic acids is 1. The molecular formula is C16H25N3O. The molecule has 1 aliphatic rings. The van der Waals surface area contributed by atoms with E-state index in [0.29, 0.717) is 6.04 Å². The van der Waals surface area contributed by atoms with Crippen LogP contribution in [0, 0.1) is 6.92 Å². The van der Waals surface area contributed by atoms with Crippen LogP contribution in [0.1, 0.15) is 28.8 Å². The van der Waals surface area contributed by atoms with Gasteiger partial charge in [-0.25, -0.2) is 0 Å². The lowest BCUT2D eigenvalue weighted by atomic mass is 10.0. The van der Waals surface area contributed by atoms with Gasteiger partial charge in [0.1, 0.15) is 0 Å². The summed E-state index contributed by atoms with van der Waals surface area (Å²) in [4.78, 5) is 16.9. The first kappa shape index (κ1) is 14.9. The Morgan fingerprint density at radius 1 is 1.45 bits per heavy atom. The van der Waals surface area contributed by atoms with E-state index in [0.717, 1.165) is 42.7 Å². The maximum absolute atomic E-state index is 12.7. The second-order valence-electron chi connectivity index (χ2n) is 5.77. The first-order valence-corrected chi connectivity index (χ1v) is 7.27. The highest BCUT2D eigenvalue weighted by atomic mass is 16.2. The second-order valence-corrected chi connectivity index (χ2v) is 5.77. The van der Waals surface area contributed by atoms with Crippen LogP contribution in [-0.2, 0) is 0 Å². The summed E-state index contributed by atoms with van der Waals surface area (Å²) in [5.74, 6) is 0.106. The average Bonchev–Trinajstić information content (AvgIpc) is 2.45. The van der Waals surface area contributed by atoms with Crippen LogP contribution >= 0.6 is 0 Å². The van der Waals surface area contributed by atoms with Crippen molar-refractivity contribution in [2.75, 3.05) is 39.5 Å². The van der Waals surface area contributed by atoms with Gasteiger partial charge in [0, 0.05) is 32.4 Å². The summed E-state index contributed by atoms with van der Waals surface area (Å²) >= 11 is 0. The van der Waals surface area contributed by atoms with Gasteiger partial charge in [-0.3, -0.25) is 4.79 Å². The molecule has 0 radical (unpaired) electrons. The zero-order valence-corrected chi connectivity index (χ0v) is 12.9. The third-order valence-corrected chi connectivity index (χ3v) is 4.14.